The van der Waals surface area contributed by atoms with Gasteiger partial charge in [-0.2, -0.15) is 0 Å². The van der Waals surface area contributed by atoms with Gasteiger partial charge in [0.15, 0.2) is 5.96 Å². The van der Waals surface area contributed by atoms with Crippen LogP contribution < -0.4 is 10.6 Å². The minimum atomic E-state index is 0.271. The predicted molar refractivity (Wildman–Crippen MR) is 116 cm³/mol. The second kappa shape index (κ2) is 11.5. The Kier molecular flexibility index (Phi) is 8.68. The number of rotatable bonds is 8. The Hall–Kier alpha value is -1.53. The van der Waals surface area contributed by atoms with Gasteiger partial charge >= 0.3 is 0 Å². The van der Waals surface area contributed by atoms with Gasteiger partial charge in [0.25, 0.3) is 0 Å². The molecule has 28 heavy (non-hydrogen) atoms. The van der Waals surface area contributed by atoms with E-state index >= 15 is 0 Å². The molecule has 2 aliphatic heterocycles. The maximum atomic E-state index is 5.75. The molecule has 1 atom stereocenters. The zero-order valence-corrected chi connectivity index (χ0v) is 17.8. The Balaban J connectivity index is 1.43. The third-order valence-corrected chi connectivity index (χ3v) is 6.39. The van der Waals surface area contributed by atoms with Crippen LogP contribution in [-0.2, 0) is 0 Å². The lowest BCUT2D eigenvalue weighted by atomic mass is 9.93. The van der Waals surface area contributed by atoms with E-state index in [1.807, 2.05) is 13.1 Å². The van der Waals surface area contributed by atoms with E-state index in [1.54, 1.807) is 6.26 Å². The van der Waals surface area contributed by atoms with Gasteiger partial charge in [-0.15, -0.1) is 0 Å². The van der Waals surface area contributed by atoms with Crippen molar-refractivity contribution >= 4 is 5.96 Å². The Morgan fingerprint density at radius 1 is 1.18 bits per heavy atom. The van der Waals surface area contributed by atoms with Crippen LogP contribution in [0, 0.1) is 5.92 Å². The molecule has 1 aromatic rings. The van der Waals surface area contributed by atoms with E-state index < -0.39 is 0 Å². The van der Waals surface area contributed by atoms with Crippen molar-refractivity contribution in [2.45, 2.75) is 51.5 Å². The molecule has 158 valence electrons. The summed E-state index contributed by atoms with van der Waals surface area (Å²) in [6, 6.07) is 4.36. The van der Waals surface area contributed by atoms with Gasteiger partial charge in [-0.3, -0.25) is 9.89 Å². The summed E-state index contributed by atoms with van der Waals surface area (Å²) in [7, 11) is 1.86. The van der Waals surface area contributed by atoms with E-state index in [1.165, 1.54) is 58.2 Å². The van der Waals surface area contributed by atoms with Gasteiger partial charge in [-0.25, -0.2) is 0 Å². The fourth-order valence-corrected chi connectivity index (χ4v) is 4.52. The largest absolute Gasteiger partial charge is 0.468 e. The number of likely N-dealkylation sites (tertiary alicyclic amines) is 2. The Bertz CT molecular complexity index is 559. The molecule has 2 N–H and O–H groups in total. The summed E-state index contributed by atoms with van der Waals surface area (Å²) >= 11 is 0. The average Bonchev–Trinajstić information content (AvgIpc) is 3.28. The first-order valence-corrected chi connectivity index (χ1v) is 11.2. The highest BCUT2D eigenvalue weighted by molar-refractivity contribution is 5.79. The number of furan rings is 1. The molecular formula is C22H39N5O. The molecule has 2 saturated heterocycles. The number of nitrogens with one attached hydrogen (secondary N) is 2. The lowest BCUT2D eigenvalue weighted by Gasteiger charge is -2.34. The monoisotopic (exact) mass is 389 g/mol. The third kappa shape index (κ3) is 6.24. The van der Waals surface area contributed by atoms with E-state index in [4.69, 9.17) is 4.42 Å². The molecule has 2 fully saturated rings. The highest BCUT2D eigenvalue weighted by Gasteiger charge is 2.24. The van der Waals surface area contributed by atoms with Crippen LogP contribution in [0.5, 0.6) is 0 Å². The molecule has 0 radical (unpaired) electrons. The first kappa shape index (κ1) is 21.2. The molecule has 0 bridgehead atoms. The zero-order chi connectivity index (χ0) is 19.6. The smallest absolute Gasteiger partial charge is 0.191 e. The third-order valence-electron chi connectivity index (χ3n) is 6.39. The molecule has 0 aliphatic carbocycles. The van der Waals surface area contributed by atoms with Crippen molar-refractivity contribution in [1.29, 1.82) is 0 Å². The molecule has 3 rings (SSSR count). The maximum absolute atomic E-state index is 5.75. The van der Waals surface area contributed by atoms with E-state index in [9.17, 15) is 0 Å². The van der Waals surface area contributed by atoms with Crippen molar-refractivity contribution in [2.75, 3.05) is 52.9 Å². The van der Waals surface area contributed by atoms with Crippen LogP contribution in [0.25, 0.3) is 0 Å². The van der Waals surface area contributed by atoms with Crippen molar-refractivity contribution in [3.05, 3.63) is 24.2 Å². The van der Waals surface area contributed by atoms with Crippen LogP contribution in [0.3, 0.4) is 0 Å². The van der Waals surface area contributed by atoms with Crippen molar-refractivity contribution in [1.82, 2.24) is 20.4 Å². The van der Waals surface area contributed by atoms with E-state index in [0.29, 0.717) is 0 Å². The standard InChI is InChI=1S/C22H39N5O/c1-3-26-15-10-19(11-16-26)9-12-24-22(23-2)25-18-20(21-8-7-17-28-21)27-13-5-4-6-14-27/h7-8,17,19-20H,3-6,9-16,18H2,1-2H3,(H2,23,24,25). The molecule has 2 aliphatic rings. The number of hydrogen-bond donors (Lipinski definition) is 2. The Morgan fingerprint density at radius 3 is 2.61 bits per heavy atom. The van der Waals surface area contributed by atoms with Crippen LogP contribution in [0.4, 0.5) is 0 Å². The molecule has 0 aromatic carbocycles. The SMILES string of the molecule is CCN1CCC(CCNC(=NC)NCC(c2ccco2)N2CCCCC2)CC1. The van der Waals surface area contributed by atoms with Crippen LogP contribution in [0.15, 0.2) is 27.8 Å². The maximum Gasteiger partial charge on any atom is 0.191 e. The molecule has 6 nitrogen and oxygen atoms in total. The second-order valence-electron chi connectivity index (χ2n) is 8.17. The number of nitrogens with zero attached hydrogens (tertiary/aromatic N) is 3. The number of aliphatic imine (C=N–C) groups is 1. The van der Waals surface area contributed by atoms with Gasteiger partial charge in [0.05, 0.1) is 12.3 Å². The minimum absolute atomic E-state index is 0.271. The van der Waals surface area contributed by atoms with Gasteiger partial charge < -0.3 is 20.0 Å². The highest BCUT2D eigenvalue weighted by Crippen LogP contribution is 2.24. The highest BCUT2D eigenvalue weighted by atomic mass is 16.3. The molecule has 0 amide bonds. The normalized spacial score (nSPS) is 21.6. The number of guanidine groups is 1. The molecule has 3 heterocycles. The average molecular weight is 390 g/mol. The minimum Gasteiger partial charge on any atom is -0.468 e. The van der Waals surface area contributed by atoms with Gasteiger partial charge in [-0.05, 0) is 82.9 Å². The lowest BCUT2D eigenvalue weighted by molar-refractivity contribution is 0.146. The van der Waals surface area contributed by atoms with E-state index in [2.05, 4.69) is 38.4 Å². The number of hydrogen-bond acceptors (Lipinski definition) is 4. The fourth-order valence-electron chi connectivity index (χ4n) is 4.52. The van der Waals surface area contributed by atoms with Crippen molar-refractivity contribution < 1.29 is 4.42 Å². The molecule has 0 spiro atoms. The molecule has 1 unspecified atom stereocenters. The van der Waals surface area contributed by atoms with Crippen molar-refractivity contribution in [3.63, 3.8) is 0 Å². The van der Waals surface area contributed by atoms with E-state index in [-0.39, 0.29) is 6.04 Å². The summed E-state index contributed by atoms with van der Waals surface area (Å²) in [5.74, 6) is 2.80. The van der Waals surface area contributed by atoms with Gasteiger partial charge in [0.2, 0.25) is 0 Å². The van der Waals surface area contributed by atoms with Crippen molar-refractivity contribution in [2.24, 2.45) is 10.9 Å². The van der Waals surface area contributed by atoms with Crippen LogP contribution >= 0.6 is 0 Å². The molecule has 0 saturated carbocycles. The van der Waals surface area contributed by atoms with Crippen LogP contribution in [-0.4, -0.2) is 68.6 Å². The summed E-state index contributed by atoms with van der Waals surface area (Å²) in [6.07, 6.45) is 9.57. The summed E-state index contributed by atoms with van der Waals surface area (Å²) < 4.78 is 5.75. The quantitative estimate of drug-likeness (QED) is 0.529. The molecule has 6 heteroatoms. The first-order chi connectivity index (χ1) is 13.8. The predicted octanol–water partition coefficient (Wildman–Crippen LogP) is 3.09. The van der Waals surface area contributed by atoms with Gasteiger partial charge in [0.1, 0.15) is 5.76 Å². The Labute approximate surface area is 170 Å². The summed E-state index contributed by atoms with van der Waals surface area (Å²) in [5.41, 5.74) is 0. The van der Waals surface area contributed by atoms with E-state index in [0.717, 1.165) is 43.8 Å². The van der Waals surface area contributed by atoms with Crippen LogP contribution in [0.2, 0.25) is 0 Å². The van der Waals surface area contributed by atoms with Gasteiger partial charge in [0, 0.05) is 20.1 Å². The number of piperidine rings is 2. The fraction of sp³-hybridized carbons (Fsp3) is 0.773. The second-order valence-corrected chi connectivity index (χ2v) is 8.17. The van der Waals surface area contributed by atoms with Crippen molar-refractivity contribution in [3.8, 4) is 0 Å². The lowest BCUT2D eigenvalue weighted by Crippen LogP contribution is -2.45. The summed E-state index contributed by atoms with van der Waals surface area (Å²) in [6.45, 7) is 10.1. The zero-order valence-electron chi connectivity index (χ0n) is 17.8. The van der Waals surface area contributed by atoms with Gasteiger partial charge in [-0.1, -0.05) is 13.3 Å². The van der Waals surface area contributed by atoms with Crippen LogP contribution in [0.1, 0.15) is 57.3 Å². The topological polar surface area (TPSA) is 56.0 Å². The summed E-state index contributed by atoms with van der Waals surface area (Å²) in [5, 5.41) is 7.06. The molecule has 1 aromatic heterocycles. The Morgan fingerprint density at radius 2 is 1.96 bits per heavy atom. The first-order valence-electron chi connectivity index (χ1n) is 11.2. The molecular weight excluding hydrogens is 350 g/mol. The summed E-state index contributed by atoms with van der Waals surface area (Å²) in [4.78, 5) is 9.53.